The Morgan fingerprint density at radius 2 is 2.11 bits per heavy atom. The molecule has 1 aromatic rings. The van der Waals surface area contributed by atoms with Crippen LogP contribution in [0.25, 0.3) is 0 Å². The van der Waals surface area contributed by atoms with Crippen LogP contribution in [0, 0.1) is 0 Å². The Hall–Kier alpha value is -2.32. The van der Waals surface area contributed by atoms with Crippen molar-refractivity contribution in [2.24, 2.45) is 0 Å². The van der Waals surface area contributed by atoms with E-state index in [1.807, 2.05) is 6.08 Å². The summed E-state index contributed by atoms with van der Waals surface area (Å²) in [6, 6.07) is 3.18. The largest absolute Gasteiger partial charge is 0.379 e. The number of pyridine rings is 1. The van der Waals surface area contributed by atoms with Gasteiger partial charge in [-0.25, -0.2) is 9.37 Å². The fraction of sp³-hybridized carbons (Fsp3) is 0.526. The highest BCUT2D eigenvalue weighted by Crippen LogP contribution is 2.16. The minimum Gasteiger partial charge on any atom is -0.379 e. The molecule has 0 radical (unpaired) electrons. The zero-order valence-electron chi connectivity index (χ0n) is 15.3. The van der Waals surface area contributed by atoms with Crippen LogP contribution in [0.3, 0.4) is 0 Å². The van der Waals surface area contributed by atoms with Gasteiger partial charge in [0.25, 0.3) is 5.91 Å². The van der Waals surface area contributed by atoms with Crippen LogP contribution in [0.15, 0.2) is 30.5 Å². The third kappa shape index (κ3) is 5.83. The summed E-state index contributed by atoms with van der Waals surface area (Å²) in [6.45, 7) is 4.55. The highest BCUT2D eigenvalue weighted by molar-refractivity contribution is 5.99. The highest BCUT2D eigenvalue weighted by Gasteiger charge is 2.24. The van der Waals surface area contributed by atoms with Crippen molar-refractivity contribution in [2.75, 3.05) is 51.3 Å². The number of aromatic nitrogens is 1. The van der Waals surface area contributed by atoms with Crippen molar-refractivity contribution in [2.45, 2.75) is 19.0 Å². The van der Waals surface area contributed by atoms with Gasteiger partial charge in [0.15, 0.2) is 0 Å². The van der Waals surface area contributed by atoms with Gasteiger partial charge in [-0.2, -0.15) is 0 Å². The summed E-state index contributed by atoms with van der Waals surface area (Å²) in [7, 11) is 0. The molecule has 0 bridgehead atoms. The molecule has 8 heteroatoms. The molecule has 2 aliphatic heterocycles. The van der Waals surface area contributed by atoms with E-state index in [2.05, 4.69) is 15.2 Å². The smallest absolute Gasteiger partial charge is 0.272 e. The number of morpholine rings is 1. The van der Waals surface area contributed by atoms with Crippen LogP contribution in [0.2, 0.25) is 0 Å². The van der Waals surface area contributed by atoms with E-state index in [0.717, 1.165) is 26.3 Å². The van der Waals surface area contributed by atoms with E-state index in [1.165, 1.54) is 17.2 Å². The molecule has 0 aliphatic carbocycles. The molecule has 146 valence electrons. The number of amides is 2. The molecule has 0 saturated carbocycles. The van der Waals surface area contributed by atoms with Crippen LogP contribution in [-0.2, 0) is 9.53 Å². The van der Waals surface area contributed by atoms with Crippen molar-refractivity contribution < 1.29 is 18.7 Å². The maximum atomic E-state index is 13.5. The van der Waals surface area contributed by atoms with E-state index in [-0.39, 0.29) is 24.1 Å². The minimum atomic E-state index is -0.967. The maximum Gasteiger partial charge on any atom is 0.272 e. The lowest BCUT2D eigenvalue weighted by molar-refractivity contribution is -0.111. The highest BCUT2D eigenvalue weighted by atomic mass is 19.1. The number of anilines is 1. The van der Waals surface area contributed by atoms with Crippen molar-refractivity contribution >= 4 is 17.5 Å². The lowest BCUT2D eigenvalue weighted by atomic mass is 10.1. The number of hydrogen-bond acceptors (Lipinski definition) is 5. The van der Waals surface area contributed by atoms with Crippen LogP contribution < -0.4 is 5.32 Å². The quantitative estimate of drug-likeness (QED) is 0.788. The van der Waals surface area contributed by atoms with Gasteiger partial charge in [-0.05, 0) is 25.0 Å². The SMILES string of the molecule is O=C(/C=C/CN1CCOCC1)Nc1ccc(C(=O)N2CCCC(F)C2)nc1. The number of piperidine rings is 1. The Morgan fingerprint density at radius 3 is 2.81 bits per heavy atom. The number of alkyl halides is 1. The standard InChI is InChI=1S/C19H25FN4O3/c20-15-3-1-8-24(14-15)19(26)17-6-5-16(13-21-17)22-18(25)4-2-7-23-9-11-27-12-10-23/h2,4-6,13,15H,1,3,7-12,14H2,(H,22,25)/b4-2+. The number of nitrogens with one attached hydrogen (secondary N) is 1. The van der Waals surface area contributed by atoms with E-state index in [1.54, 1.807) is 12.1 Å². The molecule has 0 aromatic carbocycles. The number of rotatable bonds is 5. The number of halogens is 1. The number of carbonyl (C=O) groups excluding carboxylic acids is 2. The molecule has 2 fully saturated rings. The first-order valence-corrected chi connectivity index (χ1v) is 9.29. The number of hydrogen-bond donors (Lipinski definition) is 1. The number of ether oxygens (including phenoxy) is 1. The van der Waals surface area contributed by atoms with Gasteiger partial charge in [0.1, 0.15) is 11.9 Å². The average molecular weight is 376 g/mol. The molecule has 2 saturated heterocycles. The summed E-state index contributed by atoms with van der Waals surface area (Å²) in [5, 5.41) is 2.72. The van der Waals surface area contributed by atoms with Gasteiger partial charge in [0, 0.05) is 32.3 Å². The molecule has 3 rings (SSSR count). The summed E-state index contributed by atoms with van der Waals surface area (Å²) in [4.78, 5) is 32.1. The Bertz CT molecular complexity index is 674. The van der Waals surface area contributed by atoms with Crippen molar-refractivity contribution in [1.82, 2.24) is 14.8 Å². The van der Waals surface area contributed by atoms with Gasteiger partial charge >= 0.3 is 0 Å². The van der Waals surface area contributed by atoms with Crippen LogP contribution in [-0.4, -0.2) is 78.7 Å². The van der Waals surface area contributed by atoms with E-state index in [0.29, 0.717) is 31.6 Å². The number of carbonyl (C=O) groups is 2. The number of nitrogens with zero attached hydrogens (tertiary/aromatic N) is 3. The first-order valence-electron chi connectivity index (χ1n) is 9.29. The predicted molar refractivity (Wildman–Crippen MR) is 99.3 cm³/mol. The average Bonchev–Trinajstić information content (AvgIpc) is 2.69. The second kappa shape index (κ2) is 9.57. The monoisotopic (exact) mass is 376 g/mol. The third-order valence-electron chi connectivity index (χ3n) is 4.64. The zero-order chi connectivity index (χ0) is 19.1. The zero-order valence-corrected chi connectivity index (χ0v) is 15.3. The van der Waals surface area contributed by atoms with Gasteiger partial charge < -0.3 is 15.0 Å². The molecule has 1 aromatic heterocycles. The normalized spacial score (nSPS) is 21.4. The first kappa shape index (κ1) is 19.4. The van der Waals surface area contributed by atoms with E-state index < -0.39 is 6.17 Å². The van der Waals surface area contributed by atoms with Crippen LogP contribution >= 0.6 is 0 Å². The van der Waals surface area contributed by atoms with Crippen molar-refractivity contribution in [3.8, 4) is 0 Å². The molecular weight excluding hydrogens is 351 g/mol. The molecule has 1 atom stereocenters. The molecular formula is C19H25FN4O3. The van der Waals surface area contributed by atoms with Crippen molar-refractivity contribution in [3.63, 3.8) is 0 Å². The van der Waals surface area contributed by atoms with E-state index >= 15 is 0 Å². The molecule has 2 amide bonds. The maximum absolute atomic E-state index is 13.5. The van der Waals surface area contributed by atoms with Crippen LogP contribution in [0.5, 0.6) is 0 Å². The van der Waals surface area contributed by atoms with Crippen molar-refractivity contribution in [1.29, 1.82) is 0 Å². The Labute approximate surface area is 158 Å². The summed E-state index contributed by atoms with van der Waals surface area (Å²) in [5.74, 6) is -0.527. The van der Waals surface area contributed by atoms with Crippen LogP contribution in [0.1, 0.15) is 23.3 Å². The molecule has 2 aliphatic rings. The van der Waals surface area contributed by atoms with Gasteiger partial charge in [-0.15, -0.1) is 0 Å². The second-order valence-corrected chi connectivity index (χ2v) is 6.73. The lowest BCUT2D eigenvalue weighted by Gasteiger charge is -2.28. The Balaban J connectivity index is 1.48. The topological polar surface area (TPSA) is 74.8 Å². The molecule has 1 unspecified atom stereocenters. The minimum absolute atomic E-state index is 0.118. The lowest BCUT2D eigenvalue weighted by Crippen LogP contribution is -2.41. The van der Waals surface area contributed by atoms with Crippen molar-refractivity contribution in [3.05, 3.63) is 36.2 Å². The Kier molecular flexibility index (Phi) is 6.89. The first-order chi connectivity index (χ1) is 13.1. The van der Waals surface area contributed by atoms with Gasteiger partial charge in [0.05, 0.1) is 31.6 Å². The fourth-order valence-corrected chi connectivity index (χ4v) is 3.14. The van der Waals surface area contributed by atoms with E-state index in [4.69, 9.17) is 4.74 Å². The molecule has 7 nitrogen and oxygen atoms in total. The van der Waals surface area contributed by atoms with Crippen LogP contribution in [0.4, 0.5) is 10.1 Å². The summed E-state index contributed by atoms with van der Waals surface area (Å²) < 4.78 is 18.7. The second-order valence-electron chi connectivity index (χ2n) is 6.73. The molecule has 27 heavy (non-hydrogen) atoms. The third-order valence-corrected chi connectivity index (χ3v) is 4.64. The fourth-order valence-electron chi connectivity index (χ4n) is 3.14. The summed E-state index contributed by atoms with van der Waals surface area (Å²) in [5.41, 5.74) is 0.763. The number of likely N-dealkylation sites (tertiary alicyclic amines) is 1. The summed E-state index contributed by atoms with van der Waals surface area (Å²) in [6.07, 6.45) is 4.95. The molecule has 3 heterocycles. The van der Waals surface area contributed by atoms with Gasteiger partial charge in [-0.1, -0.05) is 6.08 Å². The molecule has 1 N–H and O–H groups in total. The molecule has 0 spiro atoms. The van der Waals surface area contributed by atoms with Gasteiger partial charge in [-0.3, -0.25) is 14.5 Å². The predicted octanol–water partition coefficient (Wildman–Crippen LogP) is 1.48. The van der Waals surface area contributed by atoms with E-state index in [9.17, 15) is 14.0 Å². The summed E-state index contributed by atoms with van der Waals surface area (Å²) >= 11 is 0. The van der Waals surface area contributed by atoms with Gasteiger partial charge in [0.2, 0.25) is 5.91 Å². The Morgan fingerprint density at radius 1 is 1.30 bits per heavy atom.